The van der Waals surface area contributed by atoms with Crippen LogP contribution < -0.4 is 10.9 Å². The SMILES string of the molecule is CNC1CCCCC1n1nc2c3ccccc3n(Cc3ccc(-n4cccn4)cc3)cc-2c1=O. The highest BCUT2D eigenvalue weighted by atomic mass is 16.1. The molecule has 1 N–H and O–H groups in total. The van der Waals surface area contributed by atoms with E-state index in [9.17, 15) is 4.79 Å². The van der Waals surface area contributed by atoms with Gasteiger partial charge in [-0.15, -0.1) is 0 Å². The topological polar surface area (TPSA) is 69.7 Å². The van der Waals surface area contributed by atoms with Crippen LogP contribution in [0.5, 0.6) is 0 Å². The summed E-state index contributed by atoms with van der Waals surface area (Å²) in [4.78, 5) is 13.6. The molecule has 2 aliphatic heterocycles. The third kappa shape index (κ3) is 3.53. The molecule has 3 heterocycles. The van der Waals surface area contributed by atoms with Crippen LogP contribution in [0.15, 0.2) is 78.0 Å². The number of nitrogens with one attached hydrogen (secondary N) is 1. The Hall–Kier alpha value is -3.71. The van der Waals surface area contributed by atoms with Crippen LogP contribution >= 0.6 is 0 Å². The highest BCUT2D eigenvalue weighted by Crippen LogP contribution is 2.32. The molecule has 172 valence electrons. The average molecular weight is 453 g/mol. The molecule has 0 saturated heterocycles. The fraction of sp³-hybridized carbons (Fsp3) is 0.296. The fourth-order valence-electron chi connectivity index (χ4n) is 5.37. The van der Waals surface area contributed by atoms with Crippen molar-refractivity contribution in [2.24, 2.45) is 0 Å². The molecule has 3 aromatic rings. The molecule has 0 bridgehead atoms. The molecule has 1 fully saturated rings. The summed E-state index contributed by atoms with van der Waals surface area (Å²) in [6, 6.07) is 18.9. The molecule has 0 spiro atoms. The largest absolute Gasteiger partial charge is 0.342 e. The smallest absolute Gasteiger partial charge is 0.278 e. The maximum absolute atomic E-state index is 13.6. The van der Waals surface area contributed by atoms with E-state index in [0.29, 0.717) is 12.1 Å². The van der Waals surface area contributed by atoms with E-state index in [1.165, 1.54) is 6.42 Å². The van der Waals surface area contributed by atoms with Gasteiger partial charge in [0.05, 0.1) is 22.8 Å². The Morgan fingerprint density at radius 1 is 1.03 bits per heavy atom. The summed E-state index contributed by atoms with van der Waals surface area (Å²) in [5.74, 6) is 0. The van der Waals surface area contributed by atoms with Gasteiger partial charge < -0.3 is 9.88 Å². The molecule has 2 unspecified atom stereocenters. The van der Waals surface area contributed by atoms with Gasteiger partial charge in [0, 0.05) is 36.6 Å². The molecule has 1 saturated carbocycles. The summed E-state index contributed by atoms with van der Waals surface area (Å²) < 4.78 is 5.77. The number of para-hydroxylation sites is 1. The Labute approximate surface area is 198 Å². The van der Waals surface area contributed by atoms with E-state index >= 15 is 0 Å². The third-order valence-electron chi connectivity index (χ3n) is 7.13. The Morgan fingerprint density at radius 2 is 1.85 bits per heavy atom. The van der Waals surface area contributed by atoms with E-state index in [4.69, 9.17) is 5.10 Å². The summed E-state index contributed by atoms with van der Waals surface area (Å²) in [5, 5.41) is 13.6. The Kier molecular flexibility index (Phi) is 5.26. The Bertz CT molecular complexity index is 1450. The molecular weight excluding hydrogens is 424 g/mol. The summed E-state index contributed by atoms with van der Waals surface area (Å²) in [5.41, 5.74) is 4.75. The Balaban J connectivity index is 1.43. The first-order chi connectivity index (χ1) is 16.7. The monoisotopic (exact) mass is 452 g/mol. The number of hydrogen-bond acceptors (Lipinski definition) is 4. The lowest BCUT2D eigenvalue weighted by molar-refractivity contribution is 0.253. The van der Waals surface area contributed by atoms with Crippen LogP contribution in [0.1, 0.15) is 37.3 Å². The van der Waals surface area contributed by atoms with Crippen LogP contribution in [-0.2, 0) is 6.54 Å². The molecule has 7 heteroatoms. The number of aromatic nitrogens is 5. The van der Waals surface area contributed by atoms with E-state index < -0.39 is 0 Å². The van der Waals surface area contributed by atoms with Crippen molar-refractivity contribution < 1.29 is 0 Å². The van der Waals surface area contributed by atoms with Gasteiger partial charge in [0.25, 0.3) is 5.56 Å². The van der Waals surface area contributed by atoms with Crippen molar-refractivity contribution in [2.45, 2.75) is 44.3 Å². The molecule has 0 radical (unpaired) electrons. The molecule has 0 amide bonds. The molecule has 2 atom stereocenters. The second-order valence-corrected chi connectivity index (χ2v) is 9.15. The zero-order valence-corrected chi connectivity index (χ0v) is 19.3. The van der Waals surface area contributed by atoms with Crippen molar-refractivity contribution in [3.05, 3.63) is 89.1 Å². The van der Waals surface area contributed by atoms with Crippen LogP contribution in [0.3, 0.4) is 0 Å². The van der Waals surface area contributed by atoms with E-state index in [0.717, 1.165) is 47.1 Å². The van der Waals surface area contributed by atoms with Gasteiger partial charge in [-0.1, -0.05) is 43.2 Å². The zero-order chi connectivity index (χ0) is 23.1. The number of likely N-dealkylation sites (N-methyl/N-ethyl adjacent to an activating group) is 1. The lowest BCUT2D eigenvalue weighted by Crippen LogP contribution is -2.41. The van der Waals surface area contributed by atoms with Crippen molar-refractivity contribution in [2.75, 3.05) is 7.05 Å². The van der Waals surface area contributed by atoms with Crippen molar-refractivity contribution in [1.82, 2.24) is 29.4 Å². The van der Waals surface area contributed by atoms with Gasteiger partial charge >= 0.3 is 0 Å². The number of pyridine rings is 1. The molecular formula is C27H28N6O. The van der Waals surface area contributed by atoms with E-state index in [2.05, 4.69) is 51.4 Å². The molecule has 6 rings (SSSR count). The summed E-state index contributed by atoms with van der Waals surface area (Å²) >= 11 is 0. The number of fused-ring (bicyclic) bond motifs is 3. The Morgan fingerprint density at radius 3 is 2.65 bits per heavy atom. The van der Waals surface area contributed by atoms with Crippen LogP contribution in [0.2, 0.25) is 0 Å². The molecule has 3 aliphatic rings. The van der Waals surface area contributed by atoms with E-state index in [1.807, 2.05) is 42.3 Å². The van der Waals surface area contributed by atoms with E-state index in [1.54, 1.807) is 10.9 Å². The second kappa shape index (κ2) is 8.57. The first-order valence-electron chi connectivity index (χ1n) is 12.0. The maximum Gasteiger partial charge on any atom is 0.278 e. The van der Waals surface area contributed by atoms with Crippen molar-refractivity contribution in [3.8, 4) is 16.9 Å². The minimum absolute atomic E-state index is 0.00989. The van der Waals surface area contributed by atoms with Gasteiger partial charge in [-0.05, 0) is 49.7 Å². The highest BCUT2D eigenvalue weighted by molar-refractivity contribution is 5.93. The van der Waals surface area contributed by atoms with Gasteiger partial charge in [0.2, 0.25) is 0 Å². The summed E-state index contributed by atoms with van der Waals surface area (Å²) in [7, 11) is 1.98. The molecule has 34 heavy (non-hydrogen) atoms. The summed E-state index contributed by atoms with van der Waals surface area (Å²) in [6.07, 6.45) is 10.1. The first-order valence-corrected chi connectivity index (χ1v) is 12.0. The summed E-state index contributed by atoms with van der Waals surface area (Å²) in [6.45, 7) is 0.670. The van der Waals surface area contributed by atoms with Gasteiger partial charge in [-0.25, -0.2) is 9.36 Å². The minimum atomic E-state index is 0.00989. The number of hydrogen-bond donors (Lipinski definition) is 1. The normalized spacial score (nSPS) is 18.6. The van der Waals surface area contributed by atoms with Crippen molar-refractivity contribution in [1.29, 1.82) is 0 Å². The van der Waals surface area contributed by atoms with Crippen molar-refractivity contribution in [3.63, 3.8) is 0 Å². The van der Waals surface area contributed by atoms with Crippen LogP contribution in [0.4, 0.5) is 0 Å². The molecule has 1 aromatic heterocycles. The maximum atomic E-state index is 13.6. The first kappa shape index (κ1) is 20.9. The predicted molar refractivity (Wildman–Crippen MR) is 134 cm³/mol. The number of nitrogens with zero attached hydrogens (tertiary/aromatic N) is 5. The lowest BCUT2D eigenvalue weighted by Gasteiger charge is -2.30. The zero-order valence-electron chi connectivity index (χ0n) is 19.3. The molecule has 1 aliphatic carbocycles. The van der Waals surface area contributed by atoms with Crippen molar-refractivity contribution >= 4 is 10.9 Å². The molecule has 7 nitrogen and oxygen atoms in total. The van der Waals surface area contributed by atoms with Gasteiger partial charge in [-0.2, -0.15) is 10.2 Å². The standard InChI is InChI=1S/C27H28N6O/c1-28-23-8-3-5-10-25(23)33-27(34)22-18-31(24-9-4-2-7-21(24)26(22)30-33)17-19-11-13-20(14-12-19)32-16-6-15-29-32/h2,4,6-7,9,11-16,18,23,25,28H,3,5,8,10,17H2,1H3. The predicted octanol–water partition coefficient (Wildman–Crippen LogP) is 4.24. The van der Waals surface area contributed by atoms with E-state index in [-0.39, 0.29) is 17.6 Å². The van der Waals surface area contributed by atoms with Crippen LogP contribution in [0, 0.1) is 0 Å². The lowest BCUT2D eigenvalue weighted by atomic mass is 9.90. The van der Waals surface area contributed by atoms with Crippen LogP contribution in [0.25, 0.3) is 27.8 Å². The second-order valence-electron chi connectivity index (χ2n) is 9.15. The van der Waals surface area contributed by atoms with Gasteiger partial charge in [0.1, 0.15) is 5.69 Å². The highest BCUT2D eigenvalue weighted by Gasteiger charge is 2.30. The third-order valence-corrected chi connectivity index (χ3v) is 7.13. The number of benzene rings is 2. The van der Waals surface area contributed by atoms with Gasteiger partial charge in [0.15, 0.2) is 0 Å². The van der Waals surface area contributed by atoms with Gasteiger partial charge in [-0.3, -0.25) is 4.79 Å². The number of rotatable bonds is 5. The fourth-order valence-corrected chi connectivity index (χ4v) is 5.37. The quantitative estimate of drug-likeness (QED) is 0.433. The van der Waals surface area contributed by atoms with Crippen LogP contribution in [-0.4, -0.2) is 37.2 Å². The minimum Gasteiger partial charge on any atom is -0.342 e. The molecule has 2 aromatic carbocycles. The average Bonchev–Trinajstić information content (AvgIpc) is 3.54.